The highest BCUT2D eigenvalue weighted by atomic mass is 16.7. The van der Waals surface area contributed by atoms with E-state index in [-0.39, 0.29) is 6.29 Å². The Kier molecular flexibility index (Phi) is 5.83. The number of methoxy groups -OCH3 is 1. The molecule has 1 aromatic carbocycles. The highest BCUT2D eigenvalue weighted by Gasteiger charge is 2.14. The van der Waals surface area contributed by atoms with Gasteiger partial charge >= 0.3 is 5.97 Å². The van der Waals surface area contributed by atoms with Gasteiger partial charge in [0.25, 0.3) is 0 Å². The Morgan fingerprint density at radius 3 is 2.95 bits per heavy atom. The van der Waals surface area contributed by atoms with Crippen LogP contribution in [0.25, 0.3) is 0 Å². The standard InChI is InChI=1S/C15H21NO5/c1-18-15(17)11-5-6-12(16)13(10-11)19-8-9-21-14-4-2-3-7-20-14/h5-6,10,14H,2-4,7-9,16H2,1H3. The summed E-state index contributed by atoms with van der Waals surface area (Å²) in [5.74, 6) is 0.0257. The lowest BCUT2D eigenvalue weighted by atomic mass is 10.2. The lowest BCUT2D eigenvalue weighted by Gasteiger charge is -2.22. The summed E-state index contributed by atoms with van der Waals surface area (Å²) in [6.45, 7) is 1.50. The molecular formula is C15H21NO5. The minimum Gasteiger partial charge on any atom is -0.489 e. The number of carbonyl (C=O) groups is 1. The van der Waals surface area contributed by atoms with E-state index in [1.807, 2.05) is 0 Å². The number of benzene rings is 1. The predicted molar refractivity (Wildman–Crippen MR) is 77.2 cm³/mol. The van der Waals surface area contributed by atoms with Crippen LogP contribution in [0, 0.1) is 0 Å². The van der Waals surface area contributed by atoms with Crippen molar-refractivity contribution in [3.63, 3.8) is 0 Å². The molecule has 1 aromatic rings. The van der Waals surface area contributed by atoms with E-state index < -0.39 is 5.97 Å². The Labute approximate surface area is 124 Å². The van der Waals surface area contributed by atoms with Crippen LogP contribution in [0.4, 0.5) is 5.69 Å². The van der Waals surface area contributed by atoms with E-state index >= 15 is 0 Å². The fourth-order valence-corrected chi connectivity index (χ4v) is 2.08. The molecule has 0 aliphatic carbocycles. The van der Waals surface area contributed by atoms with Gasteiger partial charge in [0.2, 0.25) is 0 Å². The lowest BCUT2D eigenvalue weighted by Crippen LogP contribution is -2.24. The van der Waals surface area contributed by atoms with Gasteiger partial charge < -0.3 is 24.7 Å². The second-order valence-electron chi connectivity index (χ2n) is 4.76. The van der Waals surface area contributed by atoms with Crippen LogP contribution in [-0.2, 0) is 14.2 Å². The third-order valence-corrected chi connectivity index (χ3v) is 3.22. The number of esters is 1. The smallest absolute Gasteiger partial charge is 0.337 e. The van der Waals surface area contributed by atoms with Crippen LogP contribution in [0.5, 0.6) is 5.75 Å². The highest BCUT2D eigenvalue weighted by molar-refractivity contribution is 5.90. The summed E-state index contributed by atoms with van der Waals surface area (Å²) in [5, 5.41) is 0. The van der Waals surface area contributed by atoms with E-state index in [1.54, 1.807) is 18.2 Å². The zero-order valence-electron chi connectivity index (χ0n) is 12.2. The SMILES string of the molecule is COC(=O)c1ccc(N)c(OCCOC2CCCCO2)c1. The Morgan fingerprint density at radius 2 is 2.24 bits per heavy atom. The van der Waals surface area contributed by atoms with Gasteiger partial charge in [-0.3, -0.25) is 0 Å². The molecule has 0 radical (unpaired) electrons. The second-order valence-corrected chi connectivity index (χ2v) is 4.76. The predicted octanol–water partition coefficient (Wildman–Crippen LogP) is 1.98. The Morgan fingerprint density at radius 1 is 1.38 bits per heavy atom. The summed E-state index contributed by atoms with van der Waals surface area (Å²) >= 11 is 0. The Hall–Kier alpha value is -1.79. The largest absolute Gasteiger partial charge is 0.489 e. The van der Waals surface area contributed by atoms with Crippen molar-refractivity contribution in [1.82, 2.24) is 0 Å². The van der Waals surface area contributed by atoms with Crippen LogP contribution in [0.15, 0.2) is 18.2 Å². The van der Waals surface area contributed by atoms with Crippen LogP contribution < -0.4 is 10.5 Å². The van der Waals surface area contributed by atoms with Crippen molar-refractivity contribution in [2.45, 2.75) is 25.6 Å². The van der Waals surface area contributed by atoms with Crippen LogP contribution in [-0.4, -0.2) is 39.2 Å². The number of carbonyl (C=O) groups excluding carboxylic acids is 1. The summed E-state index contributed by atoms with van der Waals surface area (Å²) in [6, 6.07) is 4.78. The van der Waals surface area contributed by atoms with Crippen LogP contribution >= 0.6 is 0 Å². The fourth-order valence-electron chi connectivity index (χ4n) is 2.08. The molecule has 1 aliphatic heterocycles. The first-order chi connectivity index (χ1) is 10.2. The number of rotatable bonds is 6. The van der Waals surface area contributed by atoms with Gasteiger partial charge in [-0.15, -0.1) is 0 Å². The van der Waals surface area contributed by atoms with Crippen molar-refractivity contribution in [3.8, 4) is 5.75 Å². The molecule has 1 fully saturated rings. The topological polar surface area (TPSA) is 80.0 Å². The third kappa shape index (κ3) is 4.61. The number of hydrogen-bond donors (Lipinski definition) is 1. The highest BCUT2D eigenvalue weighted by Crippen LogP contribution is 2.23. The van der Waals surface area contributed by atoms with E-state index in [9.17, 15) is 4.79 Å². The van der Waals surface area contributed by atoms with Crippen molar-refractivity contribution < 1.29 is 23.7 Å². The molecule has 2 N–H and O–H groups in total. The normalized spacial score (nSPS) is 18.2. The van der Waals surface area contributed by atoms with Gasteiger partial charge in [0, 0.05) is 6.61 Å². The Bertz CT molecular complexity index is 471. The van der Waals surface area contributed by atoms with E-state index in [4.69, 9.17) is 19.9 Å². The molecule has 1 unspecified atom stereocenters. The van der Waals surface area contributed by atoms with E-state index in [1.165, 1.54) is 7.11 Å². The molecule has 6 nitrogen and oxygen atoms in total. The number of nitrogen functional groups attached to an aromatic ring is 1. The van der Waals surface area contributed by atoms with Crippen molar-refractivity contribution >= 4 is 11.7 Å². The van der Waals surface area contributed by atoms with Crippen molar-refractivity contribution in [2.24, 2.45) is 0 Å². The zero-order valence-corrected chi connectivity index (χ0v) is 12.2. The minimum absolute atomic E-state index is 0.138. The molecule has 1 atom stereocenters. The average molecular weight is 295 g/mol. The van der Waals surface area contributed by atoms with Crippen molar-refractivity contribution in [3.05, 3.63) is 23.8 Å². The third-order valence-electron chi connectivity index (χ3n) is 3.22. The molecular weight excluding hydrogens is 274 g/mol. The van der Waals surface area contributed by atoms with Gasteiger partial charge in [-0.25, -0.2) is 4.79 Å². The van der Waals surface area contributed by atoms with Gasteiger partial charge in [-0.05, 0) is 37.5 Å². The van der Waals surface area contributed by atoms with Crippen molar-refractivity contribution in [1.29, 1.82) is 0 Å². The Balaban J connectivity index is 1.80. The van der Waals surface area contributed by atoms with Gasteiger partial charge in [-0.1, -0.05) is 0 Å². The second kappa shape index (κ2) is 7.85. The minimum atomic E-state index is -0.424. The summed E-state index contributed by atoms with van der Waals surface area (Å²) < 4.78 is 21.2. The maximum atomic E-state index is 11.5. The van der Waals surface area contributed by atoms with E-state index in [0.29, 0.717) is 30.2 Å². The maximum absolute atomic E-state index is 11.5. The molecule has 21 heavy (non-hydrogen) atoms. The molecule has 116 valence electrons. The van der Waals surface area contributed by atoms with Gasteiger partial charge in [-0.2, -0.15) is 0 Å². The summed E-state index contributed by atoms with van der Waals surface area (Å²) in [7, 11) is 1.33. The maximum Gasteiger partial charge on any atom is 0.337 e. The number of ether oxygens (including phenoxy) is 4. The summed E-state index contributed by atoms with van der Waals surface area (Å²) in [6.07, 6.45) is 2.99. The molecule has 0 amide bonds. The molecule has 1 aliphatic rings. The molecule has 0 aromatic heterocycles. The molecule has 6 heteroatoms. The number of nitrogens with two attached hydrogens (primary N) is 1. The fraction of sp³-hybridized carbons (Fsp3) is 0.533. The van der Waals surface area contributed by atoms with Crippen molar-refractivity contribution in [2.75, 3.05) is 32.7 Å². The van der Waals surface area contributed by atoms with Crippen LogP contribution in [0.2, 0.25) is 0 Å². The van der Waals surface area contributed by atoms with E-state index in [2.05, 4.69) is 4.74 Å². The first kappa shape index (κ1) is 15.6. The summed E-state index contributed by atoms with van der Waals surface area (Å²) in [5.41, 5.74) is 6.68. The van der Waals surface area contributed by atoms with Gasteiger partial charge in [0.15, 0.2) is 6.29 Å². The average Bonchev–Trinajstić information content (AvgIpc) is 2.53. The monoisotopic (exact) mass is 295 g/mol. The lowest BCUT2D eigenvalue weighted by molar-refractivity contribution is -0.165. The molecule has 0 saturated carbocycles. The first-order valence-electron chi connectivity index (χ1n) is 7.04. The zero-order chi connectivity index (χ0) is 15.1. The number of hydrogen-bond acceptors (Lipinski definition) is 6. The summed E-state index contributed by atoms with van der Waals surface area (Å²) in [4.78, 5) is 11.5. The molecule has 2 rings (SSSR count). The number of anilines is 1. The molecule has 1 saturated heterocycles. The van der Waals surface area contributed by atoms with Crippen LogP contribution in [0.3, 0.4) is 0 Å². The van der Waals surface area contributed by atoms with E-state index in [0.717, 1.165) is 25.9 Å². The molecule has 0 spiro atoms. The molecule has 0 bridgehead atoms. The van der Waals surface area contributed by atoms with Crippen LogP contribution in [0.1, 0.15) is 29.6 Å². The molecule has 1 heterocycles. The first-order valence-corrected chi connectivity index (χ1v) is 7.04. The van der Waals surface area contributed by atoms with Gasteiger partial charge in [0.1, 0.15) is 12.4 Å². The van der Waals surface area contributed by atoms with Gasteiger partial charge in [0.05, 0.1) is 25.0 Å². The quantitative estimate of drug-likeness (QED) is 0.491.